The van der Waals surface area contributed by atoms with E-state index < -0.39 is 29.9 Å². The summed E-state index contributed by atoms with van der Waals surface area (Å²) in [6.45, 7) is 0. The average Bonchev–Trinajstić information content (AvgIpc) is 3.07. The van der Waals surface area contributed by atoms with Crippen molar-refractivity contribution in [1.29, 1.82) is 0 Å². The van der Waals surface area contributed by atoms with E-state index in [-0.39, 0.29) is 11.8 Å². The minimum absolute atomic E-state index is 0.296. The molecule has 0 radical (unpaired) electrons. The standard InChI is InChI=1S/C16H18N2O5/c1-18-14(19)10-11(15(18)20)13(16(21)23-3)17-12(10)8-6-4-5-7-9(8)22-2/h4-7,10-13,17H,1-3H3. The lowest BCUT2D eigenvalue weighted by Gasteiger charge is -2.21. The second-order valence-corrected chi connectivity index (χ2v) is 5.67. The molecule has 2 heterocycles. The maximum Gasteiger partial charge on any atom is 0.323 e. The van der Waals surface area contributed by atoms with Crippen molar-refractivity contribution < 1.29 is 23.9 Å². The summed E-state index contributed by atoms with van der Waals surface area (Å²) in [5.41, 5.74) is 0.743. The first-order valence-electron chi connectivity index (χ1n) is 7.29. The number of amides is 2. The fourth-order valence-electron chi connectivity index (χ4n) is 3.51. The highest BCUT2D eigenvalue weighted by Gasteiger charge is 2.60. The van der Waals surface area contributed by atoms with Gasteiger partial charge in [0.25, 0.3) is 0 Å². The van der Waals surface area contributed by atoms with Gasteiger partial charge < -0.3 is 9.47 Å². The molecule has 0 aliphatic carbocycles. The van der Waals surface area contributed by atoms with E-state index in [0.29, 0.717) is 5.75 Å². The number of carbonyl (C=O) groups is 3. The van der Waals surface area contributed by atoms with Gasteiger partial charge in [0.15, 0.2) is 0 Å². The fraction of sp³-hybridized carbons (Fsp3) is 0.438. The molecule has 0 spiro atoms. The molecule has 0 saturated carbocycles. The van der Waals surface area contributed by atoms with Gasteiger partial charge in [0.1, 0.15) is 11.8 Å². The lowest BCUT2D eigenvalue weighted by molar-refractivity contribution is -0.147. The van der Waals surface area contributed by atoms with Crippen LogP contribution < -0.4 is 10.1 Å². The Bertz CT molecular complexity index is 674. The van der Waals surface area contributed by atoms with Gasteiger partial charge in [-0.25, -0.2) is 0 Å². The molecule has 2 amide bonds. The zero-order chi connectivity index (χ0) is 16.7. The predicted molar refractivity (Wildman–Crippen MR) is 79.4 cm³/mol. The van der Waals surface area contributed by atoms with Crippen molar-refractivity contribution >= 4 is 17.8 Å². The van der Waals surface area contributed by atoms with Gasteiger partial charge in [0.2, 0.25) is 11.8 Å². The maximum absolute atomic E-state index is 12.5. The smallest absolute Gasteiger partial charge is 0.323 e. The van der Waals surface area contributed by atoms with Gasteiger partial charge in [-0.15, -0.1) is 0 Å². The van der Waals surface area contributed by atoms with E-state index >= 15 is 0 Å². The molecular formula is C16H18N2O5. The maximum atomic E-state index is 12.5. The molecule has 7 heteroatoms. The average molecular weight is 318 g/mol. The number of hydrogen-bond acceptors (Lipinski definition) is 6. The molecule has 23 heavy (non-hydrogen) atoms. The van der Waals surface area contributed by atoms with Crippen molar-refractivity contribution in [1.82, 2.24) is 10.2 Å². The zero-order valence-corrected chi connectivity index (χ0v) is 13.1. The molecule has 3 rings (SSSR count). The van der Waals surface area contributed by atoms with E-state index in [9.17, 15) is 14.4 Å². The topological polar surface area (TPSA) is 84.9 Å². The molecule has 122 valence electrons. The van der Waals surface area contributed by atoms with Gasteiger partial charge in [0.05, 0.1) is 26.1 Å². The lowest BCUT2D eigenvalue weighted by atomic mass is 9.86. The molecule has 2 aliphatic rings. The number of nitrogens with zero attached hydrogens (tertiary/aromatic N) is 1. The lowest BCUT2D eigenvalue weighted by Crippen LogP contribution is -2.42. The van der Waals surface area contributed by atoms with Gasteiger partial charge in [-0.05, 0) is 6.07 Å². The van der Waals surface area contributed by atoms with Crippen molar-refractivity contribution in [3.8, 4) is 5.75 Å². The molecule has 2 fully saturated rings. The first-order valence-corrected chi connectivity index (χ1v) is 7.29. The monoisotopic (exact) mass is 318 g/mol. The minimum Gasteiger partial charge on any atom is -0.496 e. The third-order valence-corrected chi connectivity index (χ3v) is 4.62. The number of carbonyl (C=O) groups excluding carboxylic acids is 3. The number of imide groups is 1. The van der Waals surface area contributed by atoms with E-state index in [1.807, 2.05) is 18.2 Å². The van der Waals surface area contributed by atoms with Gasteiger partial charge in [-0.2, -0.15) is 0 Å². The van der Waals surface area contributed by atoms with Crippen LogP contribution in [-0.2, 0) is 19.1 Å². The molecule has 0 aromatic heterocycles. The molecular weight excluding hydrogens is 300 g/mol. The van der Waals surface area contributed by atoms with E-state index in [4.69, 9.17) is 9.47 Å². The second-order valence-electron chi connectivity index (χ2n) is 5.67. The number of esters is 1. The quantitative estimate of drug-likeness (QED) is 0.629. The van der Waals surface area contributed by atoms with Crippen molar-refractivity contribution in [2.75, 3.05) is 21.3 Å². The Balaban J connectivity index is 2.06. The Morgan fingerprint density at radius 1 is 1.13 bits per heavy atom. The van der Waals surface area contributed by atoms with E-state index in [2.05, 4.69) is 5.32 Å². The van der Waals surface area contributed by atoms with Crippen molar-refractivity contribution in [3.05, 3.63) is 29.8 Å². The van der Waals surface area contributed by atoms with Crippen molar-refractivity contribution in [3.63, 3.8) is 0 Å². The molecule has 1 N–H and O–H groups in total. The molecule has 1 aromatic carbocycles. The molecule has 4 atom stereocenters. The van der Waals surface area contributed by atoms with Crippen LogP contribution in [0.4, 0.5) is 0 Å². The molecule has 4 unspecified atom stereocenters. The normalized spacial score (nSPS) is 29.6. The van der Waals surface area contributed by atoms with Gasteiger partial charge in [-0.1, -0.05) is 18.2 Å². The van der Waals surface area contributed by atoms with Crippen molar-refractivity contribution in [2.45, 2.75) is 12.1 Å². The number of hydrogen-bond donors (Lipinski definition) is 1. The second kappa shape index (κ2) is 5.66. The highest BCUT2D eigenvalue weighted by atomic mass is 16.5. The Labute approximate surface area is 133 Å². The Morgan fingerprint density at radius 2 is 1.78 bits per heavy atom. The third-order valence-electron chi connectivity index (χ3n) is 4.62. The molecule has 2 saturated heterocycles. The van der Waals surface area contributed by atoms with Crippen LogP contribution in [0, 0.1) is 11.8 Å². The van der Waals surface area contributed by atoms with Crippen LogP contribution in [0.5, 0.6) is 5.75 Å². The van der Waals surface area contributed by atoms with Crippen LogP contribution in [0.2, 0.25) is 0 Å². The van der Waals surface area contributed by atoms with Crippen molar-refractivity contribution in [2.24, 2.45) is 11.8 Å². The molecule has 7 nitrogen and oxygen atoms in total. The minimum atomic E-state index is -0.846. The third kappa shape index (κ3) is 2.19. The summed E-state index contributed by atoms with van der Waals surface area (Å²) in [4.78, 5) is 38.0. The summed E-state index contributed by atoms with van der Waals surface area (Å²) < 4.78 is 10.1. The summed E-state index contributed by atoms with van der Waals surface area (Å²) >= 11 is 0. The molecule has 1 aromatic rings. The first kappa shape index (κ1) is 15.5. The zero-order valence-electron chi connectivity index (χ0n) is 13.1. The Hall–Kier alpha value is -2.41. The summed E-state index contributed by atoms with van der Waals surface area (Å²) in [6.07, 6.45) is 0. The van der Waals surface area contributed by atoms with E-state index in [1.165, 1.54) is 21.3 Å². The van der Waals surface area contributed by atoms with Crippen LogP contribution >= 0.6 is 0 Å². The summed E-state index contributed by atoms with van der Waals surface area (Å²) in [7, 11) is 4.24. The number of nitrogens with one attached hydrogen (secondary N) is 1. The van der Waals surface area contributed by atoms with Crippen LogP contribution in [-0.4, -0.2) is 50.0 Å². The Morgan fingerprint density at radius 3 is 2.43 bits per heavy atom. The predicted octanol–water partition coefficient (Wildman–Crippen LogP) is 0.112. The van der Waals surface area contributed by atoms with Gasteiger partial charge >= 0.3 is 5.97 Å². The number of para-hydroxylation sites is 1. The van der Waals surface area contributed by atoms with Crippen LogP contribution in [0.15, 0.2) is 24.3 Å². The molecule has 0 bridgehead atoms. The Kier molecular flexibility index (Phi) is 3.81. The fourth-order valence-corrected chi connectivity index (χ4v) is 3.51. The van der Waals surface area contributed by atoms with Gasteiger partial charge in [-0.3, -0.25) is 24.6 Å². The summed E-state index contributed by atoms with van der Waals surface area (Å²) in [5.74, 6) is -2.00. The number of likely N-dealkylation sites (tertiary alicyclic amines) is 1. The van der Waals surface area contributed by atoms with Crippen LogP contribution in [0.3, 0.4) is 0 Å². The van der Waals surface area contributed by atoms with E-state index in [1.54, 1.807) is 6.07 Å². The van der Waals surface area contributed by atoms with Crippen LogP contribution in [0.25, 0.3) is 0 Å². The SMILES string of the molecule is COC(=O)C1NC(c2ccccc2OC)C2C(=O)N(C)C(=O)C12. The van der Waals surface area contributed by atoms with Crippen LogP contribution in [0.1, 0.15) is 11.6 Å². The van der Waals surface area contributed by atoms with Gasteiger partial charge in [0, 0.05) is 18.7 Å². The highest BCUT2D eigenvalue weighted by molar-refractivity contribution is 6.08. The summed E-state index contributed by atoms with van der Waals surface area (Å²) in [6, 6.07) is 5.92. The van der Waals surface area contributed by atoms with E-state index in [0.717, 1.165) is 10.5 Å². The number of rotatable bonds is 3. The largest absolute Gasteiger partial charge is 0.496 e. The number of ether oxygens (including phenoxy) is 2. The number of methoxy groups -OCH3 is 2. The number of fused-ring (bicyclic) bond motifs is 1. The number of benzene rings is 1. The summed E-state index contributed by atoms with van der Waals surface area (Å²) in [5, 5.41) is 3.09. The first-order chi connectivity index (χ1) is 11.0. The molecule has 2 aliphatic heterocycles. The highest BCUT2D eigenvalue weighted by Crippen LogP contribution is 2.45.